The lowest BCUT2D eigenvalue weighted by Crippen LogP contribution is -2.12. The van der Waals surface area contributed by atoms with Gasteiger partial charge in [0, 0.05) is 4.47 Å². The largest absolute Gasteiger partial charge is 0.495 e. The van der Waals surface area contributed by atoms with Gasteiger partial charge in [0.15, 0.2) is 0 Å². The summed E-state index contributed by atoms with van der Waals surface area (Å²) in [7, 11) is 1.57. The van der Waals surface area contributed by atoms with Crippen molar-refractivity contribution in [1.29, 1.82) is 0 Å². The van der Waals surface area contributed by atoms with Crippen LogP contribution >= 0.6 is 27.3 Å². The van der Waals surface area contributed by atoms with E-state index >= 15 is 0 Å². The number of halogens is 1. The minimum absolute atomic E-state index is 0.175. The number of carbonyl (C=O) groups excluding carboxylic acids is 1. The molecule has 1 N–H and O–H groups in total. The molecule has 0 unspecified atom stereocenters. The molecule has 0 aliphatic rings. The SMILES string of the molecule is COc1ccc(Br)cc1NC(=O)c1scnc1C. The van der Waals surface area contributed by atoms with E-state index in [4.69, 9.17) is 4.74 Å². The minimum Gasteiger partial charge on any atom is -0.495 e. The highest BCUT2D eigenvalue weighted by atomic mass is 79.9. The van der Waals surface area contributed by atoms with Crippen molar-refractivity contribution in [1.82, 2.24) is 4.98 Å². The van der Waals surface area contributed by atoms with E-state index in [0.29, 0.717) is 16.3 Å². The van der Waals surface area contributed by atoms with Gasteiger partial charge in [-0.2, -0.15) is 0 Å². The van der Waals surface area contributed by atoms with Crippen molar-refractivity contribution in [3.05, 3.63) is 38.8 Å². The van der Waals surface area contributed by atoms with Crippen molar-refractivity contribution in [2.45, 2.75) is 6.92 Å². The Labute approximate surface area is 117 Å². The number of aryl methyl sites for hydroxylation is 1. The van der Waals surface area contributed by atoms with Gasteiger partial charge in [-0.3, -0.25) is 4.79 Å². The van der Waals surface area contributed by atoms with Gasteiger partial charge < -0.3 is 10.1 Å². The van der Waals surface area contributed by atoms with E-state index in [1.54, 1.807) is 24.8 Å². The van der Waals surface area contributed by atoms with Gasteiger partial charge in [-0.15, -0.1) is 11.3 Å². The van der Waals surface area contributed by atoms with Crippen LogP contribution in [0.2, 0.25) is 0 Å². The number of carbonyl (C=O) groups is 1. The molecule has 0 fully saturated rings. The molecule has 0 spiro atoms. The number of methoxy groups -OCH3 is 1. The second-order valence-corrected chi connectivity index (χ2v) is 5.34. The van der Waals surface area contributed by atoms with Gasteiger partial charge in [-0.25, -0.2) is 4.98 Å². The van der Waals surface area contributed by atoms with Crippen LogP contribution in [0.1, 0.15) is 15.4 Å². The van der Waals surface area contributed by atoms with E-state index in [0.717, 1.165) is 10.2 Å². The molecule has 2 rings (SSSR count). The zero-order chi connectivity index (χ0) is 13.1. The molecule has 0 aliphatic carbocycles. The van der Waals surface area contributed by atoms with E-state index in [1.165, 1.54) is 11.3 Å². The second kappa shape index (κ2) is 5.49. The van der Waals surface area contributed by atoms with Crippen molar-refractivity contribution in [2.75, 3.05) is 12.4 Å². The first-order valence-electron chi connectivity index (χ1n) is 5.17. The van der Waals surface area contributed by atoms with Gasteiger partial charge in [0.1, 0.15) is 10.6 Å². The molecule has 6 heteroatoms. The quantitative estimate of drug-likeness (QED) is 0.939. The maximum absolute atomic E-state index is 12.1. The molecule has 0 radical (unpaired) electrons. The van der Waals surface area contributed by atoms with Gasteiger partial charge in [0.2, 0.25) is 0 Å². The van der Waals surface area contributed by atoms with Crippen LogP contribution < -0.4 is 10.1 Å². The summed E-state index contributed by atoms with van der Waals surface area (Å²) in [4.78, 5) is 16.7. The molecule has 1 aromatic heterocycles. The predicted octanol–water partition coefficient (Wildman–Crippen LogP) is 3.47. The van der Waals surface area contributed by atoms with Crippen LogP contribution in [-0.4, -0.2) is 18.0 Å². The molecule has 4 nitrogen and oxygen atoms in total. The van der Waals surface area contributed by atoms with Crippen LogP contribution in [0, 0.1) is 6.92 Å². The molecule has 1 heterocycles. The first kappa shape index (κ1) is 13.0. The summed E-state index contributed by atoms with van der Waals surface area (Å²) >= 11 is 4.68. The van der Waals surface area contributed by atoms with Crippen molar-refractivity contribution >= 4 is 38.9 Å². The Morgan fingerprint density at radius 3 is 2.89 bits per heavy atom. The zero-order valence-corrected chi connectivity index (χ0v) is 12.3. The minimum atomic E-state index is -0.175. The first-order valence-corrected chi connectivity index (χ1v) is 6.84. The average Bonchev–Trinajstić information content (AvgIpc) is 2.76. The summed E-state index contributed by atoms with van der Waals surface area (Å²) < 4.78 is 6.08. The van der Waals surface area contributed by atoms with E-state index < -0.39 is 0 Å². The summed E-state index contributed by atoms with van der Waals surface area (Å²) in [5, 5.41) is 2.82. The molecule has 94 valence electrons. The van der Waals surface area contributed by atoms with Gasteiger partial charge in [-0.1, -0.05) is 15.9 Å². The fraction of sp³-hybridized carbons (Fsp3) is 0.167. The summed E-state index contributed by atoms with van der Waals surface area (Å²) in [6, 6.07) is 5.44. The molecule has 0 saturated heterocycles. The van der Waals surface area contributed by atoms with E-state index in [2.05, 4.69) is 26.2 Å². The predicted molar refractivity (Wildman–Crippen MR) is 75.5 cm³/mol. The lowest BCUT2D eigenvalue weighted by atomic mass is 10.3. The monoisotopic (exact) mass is 326 g/mol. The van der Waals surface area contributed by atoms with Crippen LogP contribution in [0.3, 0.4) is 0 Å². The molecular formula is C12H11BrN2O2S. The van der Waals surface area contributed by atoms with Crippen LogP contribution in [0.5, 0.6) is 5.75 Å². The molecule has 0 saturated carbocycles. The molecule has 1 aromatic carbocycles. The highest BCUT2D eigenvalue weighted by molar-refractivity contribution is 9.10. The van der Waals surface area contributed by atoms with E-state index in [1.807, 2.05) is 13.0 Å². The summed E-state index contributed by atoms with van der Waals surface area (Å²) in [6.07, 6.45) is 0. The highest BCUT2D eigenvalue weighted by Crippen LogP contribution is 2.28. The number of aromatic nitrogens is 1. The summed E-state index contributed by atoms with van der Waals surface area (Å²) in [5.41, 5.74) is 3.01. The van der Waals surface area contributed by atoms with Crippen LogP contribution in [0.4, 0.5) is 5.69 Å². The normalized spacial score (nSPS) is 10.2. The van der Waals surface area contributed by atoms with Crippen LogP contribution in [0.15, 0.2) is 28.2 Å². The maximum Gasteiger partial charge on any atom is 0.267 e. The third-order valence-corrected chi connectivity index (χ3v) is 3.78. The number of anilines is 1. The standard InChI is InChI=1S/C12H11BrN2O2S/c1-7-11(18-6-14-7)12(16)15-9-5-8(13)3-4-10(9)17-2/h3-6H,1-2H3,(H,15,16). The molecule has 18 heavy (non-hydrogen) atoms. The van der Waals surface area contributed by atoms with E-state index in [9.17, 15) is 4.79 Å². The Kier molecular flexibility index (Phi) is 3.98. The van der Waals surface area contributed by atoms with E-state index in [-0.39, 0.29) is 5.91 Å². The third-order valence-electron chi connectivity index (χ3n) is 2.36. The van der Waals surface area contributed by atoms with Gasteiger partial charge in [0.25, 0.3) is 5.91 Å². The molecule has 0 aliphatic heterocycles. The number of nitrogens with one attached hydrogen (secondary N) is 1. The number of thiazole rings is 1. The highest BCUT2D eigenvalue weighted by Gasteiger charge is 2.14. The Morgan fingerprint density at radius 1 is 1.50 bits per heavy atom. The molecule has 1 amide bonds. The molecule has 0 atom stereocenters. The lowest BCUT2D eigenvalue weighted by molar-refractivity contribution is 0.102. The van der Waals surface area contributed by atoms with Crippen LogP contribution in [-0.2, 0) is 0 Å². The summed E-state index contributed by atoms with van der Waals surface area (Å²) in [6.45, 7) is 1.81. The number of benzene rings is 1. The van der Waals surface area contributed by atoms with Crippen molar-refractivity contribution in [2.24, 2.45) is 0 Å². The Bertz CT molecular complexity index is 583. The second-order valence-electron chi connectivity index (χ2n) is 3.57. The Hall–Kier alpha value is -1.40. The summed E-state index contributed by atoms with van der Waals surface area (Å²) in [5.74, 6) is 0.445. The first-order chi connectivity index (χ1) is 8.61. The van der Waals surface area contributed by atoms with Crippen molar-refractivity contribution in [3.8, 4) is 5.75 Å². The molecule has 2 aromatic rings. The fourth-order valence-electron chi connectivity index (χ4n) is 1.48. The Morgan fingerprint density at radius 2 is 2.28 bits per heavy atom. The van der Waals surface area contributed by atoms with Gasteiger partial charge in [-0.05, 0) is 25.1 Å². The third kappa shape index (κ3) is 2.70. The number of ether oxygens (including phenoxy) is 1. The molecular weight excluding hydrogens is 316 g/mol. The average molecular weight is 327 g/mol. The van der Waals surface area contributed by atoms with Crippen LogP contribution in [0.25, 0.3) is 0 Å². The fourth-order valence-corrected chi connectivity index (χ4v) is 2.54. The lowest BCUT2D eigenvalue weighted by Gasteiger charge is -2.10. The number of amides is 1. The molecule has 0 bridgehead atoms. The van der Waals surface area contributed by atoms with Crippen molar-refractivity contribution < 1.29 is 9.53 Å². The number of hydrogen-bond donors (Lipinski definition) is 1. The number of hydrogen-bond acceptors (Lipinski definition) is 4. The maximum atomic E-state index is 12.1. The van der Waals surface area contributed by atoms with Crippen molar-refractivity contribution in [3.63, 3.8) is 0 Å². The zero-order valence-electron chi connectivity index (χ0n) is 9.86. The number of rotatable bonds is 3. The van der Waals surface area contributed by atoms with Gasteiger partial charge in [0.05, 0.1) is 24.0 Å². The topological polar surface area (TPSA) is 51.2 Å². The number of nitrogens with zero attached hydrogens (tertiary/aromatic N) is 1. The Balaban J connectivity index is 2.27. The smallest absolute Gasteiger partial charge is 0.267 e. The van der Waals surface area contributed by atoms with Gasteiger partial charge >= 0.3 is 0 Å².